The molecular weight excluding hydrogens is 469 g/mol. The topological polar surface area (TPSA) is 116 Å². The first-order valence-electron chi connectivity index (χ1n) is 7.49. The van der Waals surface area contributed by atoms with E-state index >= 15 is 0 Å². The van der Waals surface area contributed by atoms with E-state index < -0.39 is 36.2 Å². The van der Waals surface area contributed by atoms with Gasteiger partial charge in [0.05, 0.1) is 27.7 Å². The van der Waals surface area contributed by atoms with Gasteiger partial charge in [-0.2, -0.15) is 18.3 Å². The van der Waals surface area contributed by atoms with Gasteiger partial charge >= 0.3 is 12.1 Å². The number of hydrogen-bond donors (Lipinski definition) is 2. The van der Waals surface area contributed by atoms with Gasteiger partial charge in [0, 0.05) is 0 Å². The van der Waals surface area contributed by atoms with Gasteiger partial charge in [-0.15, -0.1) is 11.3 Å². The molecule has 28 heavy (non-hydrogen) atoms. The molecule has 0 fully saturated rings. The average Bonchev–Trinajstić information content (AvgIpc) is 3.05. The first kappa shape index (κ1) is 21.9. The fourth-order valence-electron chi connectivity index (χ4n) is 2.35. The lowest BCUT2D eigenvalue weighted by Gasteiger charge is -2.07. The van der Waals surface area contributed by atoms with E-state index in [-0.39, 0.29) is 31.2 Å². The number of amides is 2. The number of ether oxygens (including phenoxy) is 1. The van der Waals surface area contributed by atoms with Gasteiger partial charge in [-0.25, -0.2) is 4.79 Å². The smallest absolute Gasteiger partial charge is 0.436 e. The highest BCUT2D eigenvalue weighted by atomic mass is 79.9. The number of carbonyl (C=O) groups is 3. The molecule has 152 valence electrons. The summed E-state index contributed by atoms with van der Waals surface area (Å²) >= 11 is 3.58. The molecule has 2 aromatic rings. The van der Waals surface area contributed by atoms with Crippen LogP contribution in [0, 0.1) is 13.8 Å². The second-order valence-electron chi connectivity index (χ2n) is 5.57. The Kier molecular flexibility index (Phi) is 6.18. The van der Waals surface area contributed by atoms with Gasteiger partial charge in [-0.05, 0) is 35.3 Å². The van der Waals surface area contributed by atoms with Gasteiger partial charge in [0.1, 0.15) is 11.5 Å². The predicted octanol–water partition coefficient (Wildman–Crippen LogP) is 2.87. The fraction of sp³-hybridized carbons (Fsp3) is 0.333. The lowest BCUT2D eigenvalue weighted by Crippen LogP contribution is -2.21. The number of carbonyl (C=O) groups excluding carboxylic acids is 3. The molecular formula is C15H14BrF3N4O4S. The molecule has 0 aromatic carbocycles. The number of rotatable bonds is 5. The third kappa shape index (κ3) is 4.19. The maximum atomic E-state index is 12.9. The van der Waals surface area contributed by atoms with Crippen LogP contribution in [0.2, 0.25) is 0 Å². The maximum Gasteiger partial charge on any atom is 0.436 e. The van der Waals surface area contributed by atoms with Gasteiger partial charge in [0.15, 0.2) is 5.69 Å². The SMILES string of the molecule is COC(=O)c1c(NC(=O)Cn2nc(C(F)(F)F)c(Br)c2C)sc(C(N)=O)c1C. The minimum Gasteiger partial charge on any atom is -0.465 e. The molecule has 0 saturated carbocycles. The summed E-state index contributed by atoms with van der Waals surface area (Å²) in [7, 11) is 1.12. The molecule has 8 nitrogen and oxygen atoms in total. The molecule has 2 aromatic heterocycles. The highest BCUT2D eigenvalue weighted by Crippen LogP contribution is 2.36. The van der Waals surface area contributed by atoms with Gasteiger partial charge in [-0.1, -0.05) is 0 Å². The number of nitrogens with one attached hydrogen (secondary N) is 1. The van der Waals surface area contributed by atoms with Crippen LogP contribution in [-0.4, -0.2) is 34.7 Å². The Morgan fingerprint density at radius 3 is 2.39 bits per heavy atom. The van der Waals surface area contributed by atoms with Crippen molar-refractivity contribution in [3.63, 3.8) is 0 Å². The van der Waals surface area contributed by atoms with Gasteiger partial charge in [-0.3, -0.25) is 14.3 Å². The number of hydrogen-bond acceptors (Lipinski definition) is 6. The van der Waals surface area contributed by atoms with E-state index in [1.807, 2.05) is 0 Å². The highest BCUT2D eigenvalue weighted by Gasteiger charge is 2.38. The summed E-state index contributed by atoms with van der Waals surface area (Å²) in [6.07, 6.45) is -4.69. The Hall–Kier alpha value is -2.41. The summed E-state index contributed by atoms with van der Waals surface area (Å²) in [5, 5.41) is 5.81. The molecule has 0 aliphatic heterocycles. The molecule has 2 amide bonds. The van der Waals surface area contributed by atoms with E-state index in [0.29, 0.717) is 0 Å². The predicted molar refractivity (Wildman–Crippen MR) is 97.2 cm³/mol. The van der Waals surface area contributed by atoms with Crippen LogP contribution in [0.3, 0.4) is 0 Å². The summed E-state index contributed by atoms with van der Waals surface area (Å²) in [6.45, 7) is 2.27. The van der Waals surface area contributed by atoms with Gasteiger partial charge in [0.25, 0.3) is 5.91 Å². The second-order valence-corrected chi connectivity index (χ2v) is 7.38. The van der Waals surface area contributed by atoms with Crippen molar-refractivity contribution in [3.8, 4) is 0 Å². The number of aromatic nitrogens is 2. The van der Waals surface area contributed by atoms with Crippen molar-refractivity contribution in [2.24, 2.45) is 5.73 Å². The summed E-state index contributed by atoms with van der Waals surface area (Å²) in [5.74, 6) is -2.35. The summed E-state index contributed by atoms with van der Waals surface area (Å²) in [6, 6.07) is 0. The zero-order valence-corrected chi connectivity index (χ0v) is 17.1. The Morgan fingerprint density at radius 1 is 1.32 bits per heavy atom. The molecule has 0 atom stereocenters. The quantitative estimate of drug-likeness (QED) is 0.635. The van der Waals surface area contributed by atoms with Crippen molar-refractivity contribution in [1.82, 2.24) is 9.78 Å². The summed E-state index contributed by atoms with van der Waals surface area (Å²) < 4.78 is 44.0. The van der Waals surface area contributed by atoms with Crippen LogP contribution >= 0.6 is 27.3 Å². The molecule has 0 spiro atoms. The lowest BCUT2D eigenvalue weighted by atomic mass is 10.1. The lowest BCUT2D eigenvalue weighted by molar-refractivity contribution is -0.142. The normalized spacial score (nSPS) is 11.4. The Labute approximate surface area is 169 Å². The van der Waals surface area contributed by atoms with E-state index in [0.717, 1.165) is 23.1 Å². The Bertz CT molecular complexity index is 968. The summed E-state index contributed by atoms with van der Waals surface area (Å²) in [5.41, 5.74) is 4.37. The molecule has 0 aliphatic rings. The molecule has 0 aliphatic carbocycles. The van der Waals surface area contributed by atoms with Crippen LogP contribution in [0.4, 0.5) is 18.2 Å². The first-order chi connectivity index (χ1) is 12.9. The monoisotopic (exact) mass is 482 g/mol. The number of halogens is 4. The van der Waals surface area contributed by atoms with E-state index in [1.165, 1.54) is 13.8 Å². The van der Waals surface area contributed by atoms with Crippen molar-refractivity contribution in [2.75, 3.05) is 12.4 Å². The van der Waals surface area contributed by atoms with Gasteiger partial charge in [0.2, 0.25) is 5.91 Å². The molecule has 13 heteroatoms. The van der Waals surface area contributed by atoms with Crippen LogP contribution in [0.5, 0.6) is 0 Å². The molecule has 0 bridgehead atoms. The van der Waals surface area contributed by atoms with Crippen molar-refractivity contribution in [1.29, 1.82) is 0 Å². The zero-order chi connectivity index (χ0) is 21.4. The van der Waals surface area contributed by atoms with Crippen molar-refractivity contribution >= 4 is 50.1 Å². The Balaban J connectivity index is 2.33. The van der Waals surface area contributed by atoms with E-state index in [9.17, 15) is 27.6 Å². The minimum absolute atomic E-state index is 0.00284. The number of nitrogens with two attached hydrogens (primary N) is 1. The van der Waals surface area contributed by atoms with Crippen molar-refractivity contribution in [2.45, 2.75) is 26.6 Å². The molecule has 3 N–H and O–H groups in total. The van der Waals surface area contributed by atoms with E-state index in [2.05, 4.69) is 31.1 Å². The zero-order valence-electron chi connectivity index (χ0n) is 14.7. The number of nitrogens with zero attached hydrogens (tertiary/aromatic N) is 2. The number of esters is 1. The van der Waals surface area contributed by atoms with Crippen molar-refractivity contribution in [3.05, 3.63) is 31.9 Å². The highest BCUT2D eigenvalue weighted by molar-refractivity contribution is 9.10. The number of alkyl halides is 3. The molecule has 2 rings (SSSR count). The average molecular weight is 483 g/mol. The van der Waals surface area contributed by atoms with Gasteiger partial charge < -0.3 is 15.8 Å². The van der Waals surface area contributed by atoms with Crippen LogP contribution in [-0.2, 0) is 22.3 Å². The molecule has 0 saturated heterocycles. The summed E-state index contributed by atoms with van der Waals surface area (Å²) in [4.78, 5) is 35.8. The standard InChI is InChI=1S/C15H14BrF3N4O4S/c1-5-8(14(26)27-3)13(28-10(5)12(20)25)21-7(24)4-23-6(2)9(16)11(22-23)15(17,18)19/h4H2,1-3H3,(H2,20,25)(H,21,24). The number of primary amides is 1. The third-order valence-corrected chi connectivity index (χ3v) is 5.88. The van der Waals surface area contributed by atoms with Crippen LogP contribution in [0.25, 0.3) is 0 Å². The van der Waals surface area contributed by atoms with E-state index in [1.54, 1.807) is 0 Å². The largest absolute Gasteiger partial charge is 0.465 e. The minimum atomic E-state index is -4.69. The Morgan fingerprint density at radius 2 is 1.93 bits per heavy atom. The fourth-order valence-corrected chi connectivity index (χ4v) is 3.92. The molecule has 0 radical (unpaired) electrons. The maximum absolute atomic E-state index is 12.9. The number of anilines is 1. The third-order valence-electron chi connectivity index (χ3n) is 3.71. The van der Waals surface area contributed by atoms with E-state index in [4.69, 9.17) is 5.73 Å². The van der Waals surface area contributed by atoms with Crippen LogP contribution < -0.4 is 11.1 Å². The second kappa shape index (κ2) is 7.91. The van der Waals surface area contributed by atoms with Crippen LogP contribution in [0.1, 0.15) is 37.0 Å². The van der Waals surface area contributed by atoms with Crippen LogP contribution in [0.15, 0.2) is 4.47 Å². The molecule has 0 unspecified atom stereocenters. The number of methoxy groups -OCH3 is 1. The molecule has 2 heterocycles. The van der Waals surface area contributed by atoms with Crippen molar-refractivity contribution < 1.29 is 32.3 Å². The number of thiophene rings is 1. The first-order valence-corrected chi connectivity index (χ1v) is 9.10.